The molecule has 4 rings (SSSR count). The van der Waals surface area contributed by atoms with Crippen molar-refractivity contribution in [3.63, 3.8) is 0 Å². The largest absolute Gasteiger partial charge is 0.360 e. The maximum Gasteiger partial charge on any atom is 0.253 e. The second-order valence-electron chi connectivity index (χ2n) is 7.76. The van der Waals surface area contributed by atoms with E-state index in [1.54, 1.807) is 11.0 Å². The number of aryl methyl sites for hydroxylation is 1. The average Bonchev–Trinajstić information content (AvgIpc) is 3.41. The van der Waals surface area contributed by atoms with Crippen molar-refractivity contribution in [2.45, 2.75) is 31.2 Å². The van der Waals surface area contributed by atoms with Gasteiger partial charge in [-0.25, -0.2) is 8.42 Å². The van der Waals surface area contributed by atoms with Gasteiger partial charge in [0.15, 0.2) is 5.76 Å². The SMILES string of the molecule is Cc1cc(CN2CCN(C(=O)c3ccc(Cl)c(S(=O)(=O)N4CCCC4)c3)CC2)on1. The first-order chi connectivity index (χ1) is 14.3. The number of hydrogen-bond acceptors (Lipinski definition) is 6. The van der Waals surface area contributed by atoms with Crippen LogP contribution in [0.25, 0.3) is 0 Å². The quantitative estimate of drug-likeness (QED) is 0.692. The Morgan fingerprint density at radius 2 is 1.80 bits per heavy atom. The van der Waals surface area contributed by atoms with Gasteiger partial charge in [0.25, 0.3) is 5.91 Å². The highest BCUT2D eigenvalue weighted by atomic mass is 35.5. The molecule has 1 amide bonds. The van der Waals surface area contributed by atoms with Crippen LogP contribution < -0.4 is 0 Å². The molecule has 0 saturated carbocycles. The van der Waals surface area contributed by atoms with E-state index in [-0.39, 0.29) is 15.8 Å². The molecule has 0 N–H and O–H groups in total. The molecular weight excluding hydrogens is 428 g/mol. The first-order valence-corrected chi connectivity index (χ1v) is 11.9. The Morgan fingerprint density at radius 3 is 2.43 bits per heavy atom. The lowest BCUT2D eigenvalue weighted by atomic mass is 10.2. The Hall–Kier alpha value is -1.94. The zero-order valence-corrected chi connectivity index (χ0v) is 18.5. The maximum absolute atomic E-state index is 13.0. The van der Waals surface area contributed by atoms with Crippen LogP contribution in [0.2, 0.25) is 5.02 Å². The van der Waals surface area contributed by atoms with E-state index < -0.39 is 10.0 Å². The van der Waals surface area contributed by atoms with E-state index in [0.29, 0.717) is 51.4 Å². The minimum atomic E-state index is -3.69. The molecule has 0 aliphatic carbocycles. The van der Waals surface area contributed by atoms with Crippen molar-refractivity contribution in [2.75, 3.05) is 39.3 Å². The third-order valence-electron chi connectivity index (χ3n) is 5.58. The summed E-state index contributed by atoms with van der Waals surface area (Å²) in [5, 5.41) is 4.04. The minimum Gasteiger partial charge on any atom is -0.360 e. The van der Waals surface area contributed by atoms with Crippen LogP contribution in [-0.4, -0.2) is 72.9 Å². The number of carbonyl (C=O) groups excluding carboxylic acids is 1. The van der Waals surface area contributed by atoms with E-state index in [9.17, 15) is 13.2 Å². The number of piperazine rings is 1. The van der Waals surface area contributed by atoms with E-state index in [2.05, 4.69) is 10.1 Å². The zero-order chi connectivity index (χ0) is 21.3. The van der Waals surface area contributed by atoms with Crippen LogP contribution in [0.1, 0.15) is 34.7 Å². The number of aromatic nitrogens is 1. The summed E-state index contributed by atoms with van der Waals surface area (Å²) >= 11 is 6.20. The summed E-state index contributed by atoms with van der Waals surface area (Å²) in [7, 11) is -3.69. The van der Waals surface area contributed by atoms with Crippen molar-refractivity contribution >= 4 is 27.5 Å². The fourth-order valence-corrected chi connectivity index (χ4v) is 5.92. The fourth-order valence-electron chi connectivity index (χ4n) is 3.90. The molecule has 0 unspecified atom stereocenters. The summed E-state index contributed by atoms with van der Waals surface area (Å²) in [4.78, 5) is 17.0. The van der Waals surface area contributed by atoms with Crippen LogP contribution in [0.3, 0.4) is 0 Å². The van der Waals surface area contributed by atoms with Crippen LogP contribution in [0, 0.1) is 6.92 Å². The molecule has 10 heteroatoms. The molecular formula is C20H25ClN4O4S. The molecule has 8 nitrogen and oxygen atoms in total. The lowest BCUT2D eigenvalue weighted by Crippen LogP contribution is -2.48. The Kier molecular flexibility index (Phi) is 6.15. The summed E-state index contributed by atoms with van der Waals surface area (Å²) in [6.07, 6.45) is 1.68. The van der Waals surface area contributed by atoms with Crippen molar-refractivity contribution < 1.29 is 17.7 Å². The second kappa shape index (κ2) is 8.66. The number of rotatable bonds is 5. The maximum atomic E-state index is 13.0. The molecule has 0 bridgehead atoms. The van der Waals surface area contributed by atoms with Crippen molar-refractivity contribution in [3.8, 4) is 0 Å². The molecule has 30 heavy (non-hydrogen) atoms. The van der Waals surface area contributed by atoms with E-state index in [1.165, 1.54) is 16.4 Å². The predicted molar refractivity (Wildman–Crippen MR) is 112 cm³/mol. The number of hydrogen-bond donors (Lipinski definition) is 0. The van der Waals surface area contributed by atoms with Crippen molar-refractivity contribution in [1.29, 1.82) is 0 Å². The highest BCUT2D eigenvalue weighted by molar-refractivity contribution is 7.89. The summed E-state index contributed by atoms with van der Waals surface area (Å²) in [6.45, 7) is 6.05. The summed E-state index contributed by atoms with van der Waals surface area (Å²) in [5.74, 6) is 0.626. The molecule has 0 spiro atoms. The summed E-state index contributed by atoms with van der Waals surface area (Å²) < 4.78 is 32.5. The first kappa shape index (κ1) is 21.3. The van der Waals surface area contributed by atoms with Gasteiger partial charge in [-0.15, -0.1) is 0 Å². The Balaban J connectivity index is 1.44. The van der Waals surface area contributed by atoms with Crippen molar-refractivity contribution in [3.05, 3.63) is 46.3 Å². The second-order valence-corrected chi connectivity index (χ2v) is 10.1. The van der Waals surface area contributed by atoms with Crippen LogP contribution in [0.5, 0.6) is 0 Å². The molecule has 2 aliphatic heterocycles. The smallest absolute Gasteiger partial charge is 0.253 e. The normalized spacial score (nSPS) is 18.8. The van der Waals surface area contributed by atoms with Gasteiger partial charge in [0, 0.05) is 50.9 Å². The van der Waals surface area contributed by atoms with Gasteiger partial charge in [0.1, 0.15) is 4.90 Å². The lowest BCUT2D eigenvalue weighted by Gasteiger charge is -2.34. The summed E-state index contributed by atoms with van der Waals surface area (Å²) in [6, 6.07) is 6.42. The van der Waals surface area contributed by atoms with E-state index in [4.69, 9.17) is 16.1 Å². The minimum absolute atomic E-state index is 0.0104. The molecule has 1 aromatic heterocycles. The number of nitrogens with zero attached hydrogens (tertiary/aromatic N) is 4. The summed E-state index contributed by atoms with van der Waals surface area (Å²) in [5.41, 5.74) is 1.19. The van der Waals surface area contributed by atoms with Crippen LogP contribution in [0.15, 0.2) is 33.7 Å². The predicted octanol–water partition coefficient (Wildman–Crippen LogP) is 2.38. The van der Waals surface area contributed by atoms with Crippen LogP contribution in [-0.2, 0) is 16.6 Å². The van der Waals surface area contributed by atoms with E-state index in [1.807, 2.05) is 13.0 Å². The topological polar surface area (TPSA) is 87.0 Å². The fraction of sp³-hybridized carbons (Fsp3) is 0.500. The van der Waals surface area contributed by atoms with Gasteiger partial charge in [-0.2, -0.15) is 4.31 Å². The van der Waals surface area contributed by atoms with Gasteiger partial charge in [-0.05, 0) is 38.0 Å². The third kappa shape index (κ3) is 4.39. The molecule has 0 atom stereocenters. The number of amides is 1. The highest BCUT2D eigenvalue weighted by Gasteiger charge is 2.31. The molecule has 162 valence electrons. The Bertz CT molecular complexity index is 1030. The van der Waals surface area contributed by atoms with Gasteiger partial charge in [0.05, 0.1) is 17.3 Å². The molecule has 3 heterocycles. The number of benzene rings is 1. The molecule has 2 aliphatic rings. The van der Waals surface area contributed by atoms with Crippen molar-refractivity contribution in [2.24, 2.45) is 0 Å². The number of sulfonamides is 1. The average molecular weight is 453 g/mol. The molecule has 2 fully saturated rings. The van der Waals surface area contributed by atoms with Gasteiger partial charge in [-0.1, -0.05) is 16.8 Å². The Labute approximate surface area is 181 Å². The number of halogens is 1. The van der Waals surface area contributed by atoms with E-state index in [0.717, 1.165) is 24.3 Å². The molecule has 1 aromatic carbocycles. The van der Waals surface area contributed by atoms with Crippen LogP contribution >= 0.6 is 11.6 Å². The number of carbonyl (C=O) groups is 1. The Morgan fingerprint density at radius 1 is 1.10 bits per heavy atom. The van der Waals surface area contributed by atoms with Crippen LogP contribution in [0.4, 0.5) is 0 Å². The molecule has 0 radical (unpaired) electrons. The molecule has 2 aromatic rings. The standard InChI is InChI=1S/C20H25ClN4O4S/c1-15-12-17(29-22-15)14-23-8-10-24(11-9-23)20(26)16-4-5-18(21)19(13-16)30(27,28)25-6-2-3-7-25/h4-5,12-13H,2-3,6-11,14H2,1H3. The van der Waals surface area contributed by atoms with E-state index >= 15 is 0 Å². The highest BCUT2D eigenvalue weighted by Crippen LogP contribution is 2.28. The van der Waals surface area contributed by atoms with Gasteiger partial charge < -0.3 is 9.42 Å². The zero-order valence-electron chi connectivity index (χ0n) is 16.9. The van der Waals surface area contributed by atoms with Crippen molar-refractivity contribution in [1.82, 2.24) is 19.3 Å². The molecule has 2 saturated heterocycles. The first-order valence-electron chi connectivity index (χ1n) is 10.1. The van der Waals surface area contributed by atoms with Gasteiger partial charge in [0.2, 0.25) is 10.0 Å². The lowest BCUT2D eigenvalue weighted by molar-refractivity contribution is 0.0617. The third-order valence-corrected chi connectivity index (χ3v) is 7.96. The van der Waals surface area contributed by atoms with Gasteiger partial charge in [-0.3, -0.25) is 9.69 Å². The monoisotopic (exact) mass is 452 g/mol. The van der Waals surface area contributed by atoms with Gasteiger partial charge >= 0.3 is 0 Å².